The number of hydrogen-bond donors (Lipinski definition) is 1. The molecule has 1 aromatic carbocycles. The van der Waals surface area contributed by atoms with Gasteiger partial charge in [0.2, 0.25) is 5.91 Å². The first kappa shape index (κ1) is 15.6. The van der Waals surface area contributed by atoms with Crippen molar-refractivity contribution >= 4 is 11.6 Å². The lowest BCUT2D eigenvalue weighted by molar-refractivity contribution is -0.121. The summed E-state index contributed by atoms with van der Waals surface area (Å²) < 4.78 is 1.86. The zero-order valence-corrected chi connectivity index (χ0v) is 13.8. The van der Waals surface area contributed by atoms with Gasteiger partial charge in [0, 0.05) is 37.7 Å². The summed E-state index contributed by atoms with van der Waals surface area (Å²) in [6.07, 6.45) is 4.68. The van der Waals surface area contributed by atoms with Crippen LogP contribution in [-0.2, 0) is 11.3 Å². The molecule has 1 N–H and O–H groups in total. The first-order valence-electron chi connectivity index (χ1n) is 8.18. The summed E-state index contributed by atoms with van der Waals surface area (Å²) in [5, 5.41) is 3.06. The third kappa shape index (κ3) is 3.73. The van der Waals surface area contributed by atoms with Crippen molar-refractivity contribution in [2.75, 3.05) is 24.5 Å². The lowest BCUT2D eigenvalue weighted by Gasteiger charge is -2.21. The van der Waals surface area contributed by atoms with Gasteiger partial charge in [-0.2, -0.15) is 0 Å². The van der Waals surface area contributed by atoms with Crippen LogP contribution in [0, 0.1) is 19.8 Å². The number of benzene rings is 1. The highest BCUT2D eigenvalue weighted by molar-refractivity contribution is 5.75. The number of amides is 1. The van der Waals surface area contributed by atoms with Crippen LogP contribution in [-0.4, -0.2) is 35.1 Å². The molecule has 2 heterocycles. The Hall–Kier alpha value is -2.30. The van der Waals surface area contributed by atoms with Gasteiger partial charge in [-0.1, -0.05) is 18.2 Å². The zero-order valence-electron chi connectivity index (χ0n) is 13.8. The highest BCUT2D eigenvalue weighted by Crippen LogP contribution is 2.26. The number of aromatic nitrogens is 2. The molecule has 2 aromatic rings. The molecule has 1 atom stereocenters. The van der Waals surface area contributed by atoms with Gasteiger partial charge < -0.3 is 14.8 Å². The van der Waals surface area contributed by atoms with E-state index in [1.165, 1.54) is 11.3 Å². The SMILES string of the molecule is Cc1ccccc1N1CC[C@H](CNC(=O)Cn2ccnc2C)C1. The molecule has 23 heavy (non-hydrogen) atoms. The van der Waals surface area contributed by atoms with Crippen molar-refractivity contribution in [3.8, 4) is 0 Å². The van der Waals surface area contributed by atoms with Crippen LogP contribution in [0.4, 0.5) is 5.69 Å². The number of aryl methyl sites for hydroxylation is 2. The Morgan fingerprint density at radius 1 is 1.35 bits per heavy atom. The zero-order chi connectivity index (χ0) is 16.2. The maximum absolute atomic E-state index is 12.1. The van der Waals surface area contributed by atoms with Gasteiger partial charge in [0.1, 0.15) is 12.4 Å². The number of para-hydroxylation sites is 1. The molecule has 0 spiro atoms. The molecule has 0 aliphatic carbocycles. The average Bonchev–Trinajstić information content (AvgIpc) is 3.16. The number of nitrogens with zero attached hydrogens (tertiary/aromatic N) is 3. The average molecular weight is 312 g/mol. The summed E-state index contributed by atoms with van der Waals surface area (Å²) in [7, 11) is 0. The number of imidazole rings is 1. The maximum atomic E-state index is 12.1. The molecule has 3 rings (SSSR count). The first-order valence-corrected chi connectivity index (χ1v) is 8.18. The van der Waals surface area contributed by atoms with Gasteiger partial charge in [-0.05, 0) is 37.8 Å². The van der Waals surface area contributed by atoms with Crippen molar-refractivity contribution in [3.63, 3.8) is 0 Å². The van der Waals surface area contributed by atoms with Crippen molar-refractivity contribution < 1.29 is 4.79 Å². The van der Waals surface area contributed by atoms with Crippen LogP contribution in [0.3, 0.4) is 0 Å². The van der Waals surface area contributed by atoms with Gasteiger partial charge in [0.05, 0.1) is 0 Å². The molecule has 1 saturated heterocycles. The Bertz CT molecular complexity index is 679. The summed E-state index contributed by atoms with van der Waals surface area (Å²) in [5.74, 6) is 1.44. The summed E-state index contributed by atoms with van der Waals surface area (Å²) in [6, 6.07) is 8.49. The number of carbonyl (C=O) groups excluding carboxylic acids is 1. The van der Waals surface area contributed by atoms with E-state index >= 15 is 0 Å². The van der Waals surface area contributed by atoms with Crippen LogP contribution >= 0.6 is 0 Å². The number of hydrogen-bond acceptors (Lipinski definition) is 3. The van der Waals surface area contributed by atoms with E-state index in [1.54, 1.807) is 6.20 Å². The van der Waals surface area contributed by atoms with Crippen molar-refractivity contribution in [2.24, 2.45) is 5.92 Å². The molecule has 5 nitrogen and oxygen atoms in total. The second kappa shape index (κ2) is 6.86. The molecule has 1 aliphatic heterocycles. The first-order chi connectivity index (χ1) is 11.1. The highest BCUT2D eigenvalue weighted by Gasteiger charge is 2.23. The number of rotatable bonds is 5. The van der Waals surface area contributed by atoms with Gasteiger partial charge in [-0.3, -0.25) is 4.79 Å². The van der Waals surface area contributed by atoms with Crippen molar-refractivity contribution in [3.05, 3.63) is 48.0 Å². The summed E-state index contributed by atoms with van der Waals surface area (Å²) >= 11 is 0. The minimum absolute atomic E-state index is 0.0560. The van der Waals surface area contributed by atoms with Gasteiger partial charge in [-0.15, -0.1) is 0 Å². The molecule has 1 aliphatic rings. The molecule has 0 bridgehead atoms. The molecule has 1 fully saturated rings. The summed E-state index contributed by atoms with van der Waals surface area (Å²) in [5.41, 5.74) is 2.63. The topological polar surface area (TPSA) is 50.2 Å². The van der Waals surface area contributed by atoms with Crippen LogP contribution in [0.5, 0.6) is 0 Å². The van der Waals surface area contributed by atoms with Crippen molar-refractivity contribution in [2.45, 2.75) is 26.8 Å². The molecule has 5 heteroatoms. The Morgan fingerprint density at radius 3 is 2.91 bits per heavy atom. The highest BCUT2D eigenvalue weighted by atomic mass is 16.1. The monoisotopic (exact) mass is 312 g/mol. The fourth-order valence-electron chi connectivity index (χ4n) is 3.18. The third-order valence-electron chi connectivity index (χ3n) is 4.57. The van der Waals surface area contributed by atoms with Gasteiger partial charge in [0.25, 0.3) is 0 Å². The Balaban J connectivity index is 1.48. The third-order valence-corrected chi connectivity index (χ3v) is 4.57. The lowest BCUT2D eigenvalue weighted by Crippen LogP contribution is -2.33. The maximum Gasteiger partial charge on any atom is 0.239 e. The Morgan fingerprint density at radius 2 is 2.17 bits per heavy atom. The number of nitrogens with one attached hydrogen (secondary N) is 1. The van der Waals surface area contributed by atoms with E-state index in [9.17, 15) is 4.79 Å². The molecule has 0 saturated carbocycles. The molecule has 0 radical (unpaired) electrons. The minimum atomic E-state index is 0.0560. The Labute approximate surface area is 137 Å². The molecular formula is C18H24N4O. The molecular weight excluding hydrogens is 288 g/mol. The van der Waals surface area contributed by atoms with Crippen LogP contribution < -0.4 is 10.2 Å². The summed E-state index contributed by atoms with van der Waals surface area (Å²) in [4.78, 5) is 18.6. The van der Waals surface area contributed by atoms with Gasteiger partial charge >= 0.3 is 0 Å². The predicted molar refractivity (Wildman–Crippen MR) is 91.5 cm³/mol. The van der Waals surface area contributed by atoms with Crippen molar-refractivity contribution in [1.82, 2.24) is 14.9 Å². The molecule has 122 valence electrons. The van der Waals surface area contributed by atoms with E-state index in [4.69, 9.17) is 0 Å². The molecule has 1 amide bonds. The van der Waals surface area contributed by atoms with Crippen LogP contribution in [0.25, 0.3) is 0 Å². The normalized spacial score (nSPS) is 17.5. The summed E-state index contributed by atoms with van der Waals surface area (Å²) in [6.45, 7) is 7.22. The van der Waals surface area contributed by atoms with E-state index in [1.807, 2.05) is 17.7 Å². The lowest BCUT2D eigenvalue weighted by atomic mass is 10.1. The van der Waals surface area contributed by atoms with Gasteiger partial charge in [-0.25, -0.2) is 4.98 Å². The van der Waals surface area contributed by atoms with Crippen molar-refractivity contribution in [1.29, 1.82) is 0 Å². The van der Waals surface area contributed by atoms with Crippen LogP contribution in [0.2, 0.25) is 0 Å². The Kier molecular flexibility index (Phi) is 4.65. The smallest absolute Gasteiger partial charge is 0.239 e. The van der Waals surface area contributed by atoms with E-state index < -0.39 is 0 Å². The predicted octanol–water partition coefficient (Wildman–Crippen LogP) is 2.14. The van der Waals surface area contributed by atoms with E-state index in [-0.39, 0.29) is 5.91 Å². The molecule has 1 aromatic heterocycles. The van der Waals surface area contributed by atoms with Crippen LogP contribution in [0.1, 0.15) is 17.8 Å². The van der Waals surface area contributed by atoms with E-state index in [2.05, 4.69) is 46.4 Å². The minimum Gasteiger partial charge on any atom is -0.371 e. The molecule has 0 unspecified atom stereocenters. The van der Waals surface area contributed by atoms with E-state index in [0.29, 0.717) is 12.5 Å². The standard InChI is InChI=1S/C18H24N4O/c1-14-5-3-4-6-17(14)22-9-7-16(12-22)11-20-18(23)13-21-10-8-19-15(21)2/h3-6,8,10,16H,7,9,11-13H2,1-2H3,(H,20,23)/t16-/m1/s1. The van der Waals surface area contributed by atoms with E-state index in [0.717, 1.165) is 31.9 Å². The van der Waals surface area contributed by atoms with Gasteiger partial charge in [0.15, 0.2) is 0 Å². The quantitative estimate of drug-likeness (QED) is 0.920. The fraction of sp³-hybridized carbons (Fsp3) is 0.444. The largest absolute Gasteiger partial charge is 0.371 e. The second-order valence-electron chi connectivity index (χ2n) is 6.29. The van der Waals surface area contributed by atoms with Crippen LogP contribution in [0.15, 0.2) is 36.7 Å². The number of carbonyl (C=O) groups is 1. The fourth-order valence-corrected chi connectivity index (χ4v) is 3.18. The number of anilines is 1. The second-order valence-corrected chi connectivity index (χ2v) is 6.29.